The van der Waals surface area contributed by atoms with Crippen molar-refractivity contribution in [3.8, 4) is 0 Å². The lowest BCUT2D eigenvalue weighted by molar-refractivity contribution is -0.148. The summed E-state index contributed by atoms with van der Waals surface area (Å²) in [6.07, 6.45) is 4.78. The first-order chi connectivity index (χ1) is 10.0. The van der Waals surface area contributed by atoms with E-state index in [1.165, 1.54) is 24.2 Å². The molecule has 1 saturated carbocycles. The van der Waals surface area contributed by atoms with Crippen LogP contribution in [-0.4, -0.2) is 32.4 Å². The maximum atomic E-state index is 12.1. The van der Waals surface area contributed by atoms with Crippen LogP contribution in [0.1, 0.15) is 63.2 Å². The summed E-state index contributed by atoms with van der Waals surface area (Å²) in [6, 6.07) is 0. The minimum atomic E-state index is -0.756. The quantitative estimate of drug-likeness (QED) is 0.812. The van der Waals surface area contributed by atoms with E-state index in [1.54, 1.807) is 0 Å². The molecule has 2 aromatic heterocycles. The molecule has 0 aromatic carbocycles. The first-order valence-corrected chi connectivity index (χ1v) is 8.25. The third-order valence-electron chi connectivity index (χ3n) is 4.06. The molecule has 1 aliphatic carbocycles. The van der Waals surface area contributed by atoms with Crippen LogP contribution in [0.4, 0.5) is 0 Å². The van der Waals surface area contributed by atoms with Crippen LogP contribution in [0.2, 0.25) is 0 Å². The molecule has 0 saturated heterocycles. The molecule has 21 heavy (non-hydrogen) atoms. The number of rotatable bonds is 4. The second-order valence-corrected chi connectivity index (χ2v) is 6.94. The molecule has 0 radical (unpaired) electrons. The molecule has 3 rings (SSSR count). The zero-order valence-electron chi connectivity index (χ0n) is 12.6. The summed E-state index contributed by atoms with van der Waals surface area (Å²) in [5.41, 5.74) is -0.756. The second-order valence-electron chi connectivity index (χ2n) is 5.99. The number of nitrogens with zero attached hydrogens (tertiary/aromatic N) is 4. The van der Waals surface area contributed by atoms with E-state index >= 15 is 0 Å². The lowest BCUT2D eigenvalue weighted by atomic mass is 9.95. The Hall–Kier alpha value is -1.50. The maximum Gasteiger partial charge on any atom is 0.318 e. The van der Waals surface area contributed by atoms with Crippen LogP contribution in [-0.2, 0) is 14.9 Å². The van der Waals surface area contributed by atoms with Gasteiger partial charge < -0.3 is 4.74 Å². The van der Waals surface area contributed by atoms with Crippen molar-refractivity contribution in [1.82, 2.24) is 19.8 Å². The number of hydrogen-bond donors (Lipinski definition) is 0. The van der Waals surface area contributed by atoms with Gasteiger partial charge in [0.05, 0.1) is 6.61 Å². The normalized spacial score (nSPS) is 16.7. The lowest BCUT2D eigenvalue weighted by Gasteiger charge is -2.18. The zero-order chi connectivity index (χ0) is 15.0. The van der Waals surface area contributed by atoms with E-state index < -0.39 is 5.41 Å². The Labute approximate surface area is 127 Å². The van der Waals surface area contributed by atoms with Crippen molar-refractivity contribution in [2.24, 2.45) is 0 Å². The lowest BCUT2D eigenvalue weighted by Crippen LogP contribution is -2.31. The molecule has 0 unspecified atom stereocenters. The highest BCUT2D eigenvalue weighted by Crippen LogP contribution is 2.35. The summed E-state index contributed by atoms with van der Waals surface area (Å²) in [5, 5.41) is 13.8. The molecule has 2 heterocycles. The van der Waals surface area contributed by atoms with E-state index in [4.69, 9.17) is 4.74 Å². The molecule has 2 aromatic rings. The first kappa shape index (κ1) is 14.4. The summed E-state index contributed by atoms with van der Waals surface area (Å²) in [4.78, 5) is 12.9. The summed E-state index contributed by atoms with van der Waals surface area (Å²) in [5.74, 6) is 1.13. The summed E-state index contributed by atoms with van der Waals surface area (Å²) >= 11 is 1.42. The van der Waals surface area contributed by atoms with Crippen LogP contribution < -0.4 is 0 Å². The molecule has 0 N–H and O–H groups in total. The van der Waals surface area contributed by atoms with E-state index in [-0.39, 0.29) is 5.97 Å². The van der Waals surface area contributed by atoms with Gasteiger partial charge >= 0.3 is 5.97 Å². The largest absolute Gasteiger partial charge is 0.465 e. The number of aromatic nitrogens is 4. The fourth-order valence-corrected chi connectivity index (χ4v) is 3.66. The third-order valence-corrected chi connectivity index (χ3v) is 5.28. The fourth-order valence-electron chi connectivity index (χ4n) is 2.72. The van der Waals surface area contributed by atoms with Crippen LogP contribution in [0, 0.1) is 0 Å². The van der Waals surface area contributed by atoms with Crippen LogP contribution in [0.5, 0.6) is 0 Å². The van der Waals surface area contributed by atoms with Crippen LogP contribution >= 0.6 is 11.3 Å². The molecule has 0 atom stereocenters. The smallest absolute Gasteiger partial charge is 0.318 e. The number of esters is 1. The summed E-state index contributed by atoms with van der Waals surface area (Å²) in [6.45, 7) is 5.86. The summed E-state index contributed by atoms with van der Waals surface area (Å²) in [7, 11) is 0. The van der Waals surface area contributed by atoms with Gasteiger partial charge in [-0.2, -0.15) is 9.61 Å². The van der Waals surface area contributed by atoms with Crippen molar-refractivity contribution in [2.75, 3.05) is 6.61 Å². The Morgan fingerprint density at radius 3 is 2.76 bits per heavy atom. The van der Waals surface area contributed by atoms with E-state index in [2.05, 4.69) is 15.3 Å². The van der Waals surface area contributed by atoms with E-state index in [0.29, 0.717) is 12.5 Å². The van der Waals surface area contributed by atoms with Gasteiger partial charge in [0.25, 0.3) is 0 Å². The molecule has 114 valence electrons. The second kappa shape index (κ2) is 5.36. The minimum absolute atomic E-state index is 0.252. The van der Waals surface area contributed by atoms with Crippen molar-refractivity contribution in [1.29, 1.82) is 0 Å². The Morgan fingerprint density at radius 1 is 1.38 bits per heavy atom. The average Bonchev–Trinajstić information content (AvgIpc) is 3.14. The molecule has 0 aliphatic heterocycles. The van der Waals surface area contributed by atoms with Gasteiger partial charge in [0.1, 0.15) is 10.4 Å². The molecular weight excluding hydrogens is 288 g/mol. The topological polar surface area (TPSA) is 69.4 Å². The van der Waals surface area contributed by atoms with E-state index in [9.17, 15) is 4.79 Å². The number of carbonyl (C=O) groups is 1. The summed E-state index contributed by atoms with van der Waals surface area (Å²) < 4.78 is 6.96. The van der Waals surface area contributed by atoms with Crippen LogP contribution in [0.25, 0.3) is 4.96 Å². The molecule has 7 heteroatoms. The molecule has 0 amide bonds. The Kier molecular flexibility index (Phi) is 3.69. The van der Waals surface area contributed by atoms with Crippen molar-refractivity contribution in [3.63, 3.8) is 0 Å². The predicted octanol–water partition coefficient (Wildman–Crippen LogP) is 2.68. The van der Waals surface area contributed by atoms with Crippen LogP contribution in [0.3, 0.4) is 0 Å². The van der Waals surface area contributed by atoms with Crippen molar-refractivity contribution in [2.45, 2.75) is 57.8 Å². The fraction of sp³-hybridized carbons (Fsp3) is 0.714. The number of carbonyl (C=O) groups excluding carboxylic acids is 1. The van der Waals surface area contributed by atoms with Crippen molar-refractivity contribution in [3.05, 3.63) is 10.8 Å². The highest BCUT2D eigenvalue weighted by atomic mass is 32.1. The first-order valence-electron chi connectivity index (χ1n) is 7.44. The molecule has 1 fully saturated rings. The maximum absolute atomic E-state index is 12.1. The Balaban J connectivity index is 1.96. The molecule has 0 bridgehead atoms. The molecular formula is C14H20N4O2S. The third kappa shape index (κ3) is 2.43. The Morgan fingerprint density at radius 2 is 2.10 bits per heavy atom. The number of ether oxygens (including phenoxy) is 1. The standard InChI is InChI=1S/C14H20N4O2S/c1-4-20-12(19)14(2,3)11-17-18-10(9-7-5-6-8-9)15-16-13(18)21-11/h9H,4-8H2,1-3H3. The average molecular weight is 308 g/mol. The van der Waals surface area contributed by atoms with Gasteiger partial charge in [-0.15, -0.1) is 10.2 Å². The van der Waals surface area contributed by atoms with Crippen molar-refractivity contribution >= 4 is 22.3 Å². The minimum Gasteiger partial charge on any atom is -0.465 e. The van der Waals surface area contributed by atoms with Gasteiger partial charge in [-0.3, -0.25) is 4.79 Å². The van der Waals surface area contributed by atoms with Crippen LogP contribution in [0.15, 0.2) is 0 Å². The van der Waals surface area contributed by atoms with Gasteiger partial charge in [0.15, 0.2) is 5.82 Å². The van der Waals surface area contributed by atoms with Gasteiger partial charge in [-0.05, 0) is 33.6 Å². The van der Waals surface area contributed by atoms with E-state index in [1.807, 2.05) is 25.3 Å². The monoisotopic (exact) mass is 308 g/mol. The highest BCUT2D eigenvalue weighted by Gasteiger charge is 2.36. The van der Waals surface area contributed by atoms with Crippen molar-refractivity contribution < 1.29 is 9.53 Å². The highest BCUT2D eigenvalue weighted by molar-refractivity contribution is 7.16. The zero-order valence-corrected chi connectivity index (χ0v) is 13.4. The molecule has 0 spiro atoms. The predicted molar refractivity (Wildman–Crippen MR) is 79.5 cm³/mol. The Bertz CT molecular complexity index is 655. The SMILES string of the molecule is CCOC(=O)C(C)(C)c1nn2c(C3CCCC3)nnc2s1. The van der Waals surface area contributed by atoms with Gasteiger partial charge in [0.2, 0.25) is 4.96 Å². The molecule has 1 aliphatic rings. The van der Waals surface area contributed by atoms with Gasteiger partial charge in [0, 0.05) is 5.92 Å². The van der Waals surface area contributed by atoms with E-state index in [0.717, 1.165) is 28.6 Å². The van der Waals surface area contributed by atoms with Gasteiger partial charge in [-0.1, -0.05) is 24.2 Å². The number of fused-ring (bicyclic) bond motifs is 1. The number of hydrogen-bond acceptors (Lipinski definition) is 6. The van der Waals surface area contributed by atoms with Gasteiger partial charge in [-0.25, -0.2) is 0 Å². The molecule has 6 nitrogen and oxygen atoms in total.